The first-order valence-corrected chi connectivity index (χ1v) is 5.92. The summed E-state index contributed by atoms with van der Waals surface area (Å²) in [5, 5.41) is 11.1. The number of nitrogens with zero attached hydrogens (tertiary/aromatic N) is 2. The lowest BCUT2D eigenvalue weighted by atomic mass is 10.1. The minimum atomic E-state index is -0.552. The van der Waals surface area contributed by atoms with Gasteiger partial charge in [0.05, 0.1) is 4.92 Å². The summed E-state index contributed by atoms with van der Waals surface area (Å²) in [5.41, 5.74) is 1.71. The maximum Gasteiger partial charge on any atom is 0.331 e. The van der Waals surface area contributed by atoms with Crippen molar-refractivity contribution in [3.8, 4) is 11.6 Å². The van der Waals surface area contributed by atoms with E-state index in [0.29, 0.717) is 5.75 Å². The van der Waals surface area contributed by atoms with E-state index in [1.54, 1.807) is 6.07 Å². The number of hydrogen-bond acceptors (Lipinski definition) is 4. The van der Waals surface area contributed by atoms with Crippen LogP contribution in [0.15, 0.2) is 30.3 Å². The van der Waals surface area contributed by atoms with Gasteiger partial charge in [-0.2, -0.15) is 4.98 Å². The van der Waals surface area contributed by atoms with E-state index in [4.69, 9.17) is 16.3 Å². The molecule has 2 aromatic rings. The molecule has 0 bridgehead atoms. The van der Waals surface area contributed by atoms with Crippen molar-refractivity contribution in [3.63, 3.8) is 0 Å². The van der Waals surface area contributed by atoms with Gasteiger partial charge in [-0.15, -0.1) is 0 Å². The van der Waals surface area contributed by atoms with Crippen molar-refractivity contribution in [2.75, 3.05) is 0 Å². The van der Waals surface area contributed by atoms with Gasteiger partial charge < -0.3 is 4.74 Å². The molecule has 0 atom stereocenters. The third-order valence-corrected chi connectivity index (χ3v) is 2.97. The lowest BCUT2D eigenvalue weighted by Gasteiger charge is -2.09. The van der Waals surface area contributed by atoms with E-state index in [1.165, 1.54) is 12.1 Å². The highest BCUT2D eigenvalue weighted by molar-refractivity contribution is 6.29. The summed E-state index contributed by atoms with van der Waals surface area (Å²) < 4.78 is 5.53. The molecule has 0 radical (unpaired) electrons. The molecule has 0 fully saturated rings. The fraction of sp³-hybridized carbons (Fsp3) is 0.154. The molecule has 6 heteroatoms. The first-order chi connectivity index (χ1) is 8.99. The topological polar surface area (TPSA) is 65.3 Å². The van der Waals surface area contributed by atoms with E-state index in [2.05, 4.69) is 4.98 Å². The first-order valence-electron chi connectivity index (χ1n) is 5.54. The first kappa shape index (κ1) is 13.3. The van der Waals surface area contributed by atoms with Crippen LogP contribution in [0.25, 0.3) is 0 Å². The quantitative estimate of drug-likeness (QED) is 0.482. The maximum absolute atomic E-state index is 10.9. The number of pyridine rings is 1. The highest BCUT2D eigenvalue weighted by Crippen LogP contribution is 2.32. The summed E-state index contributed by atoms with van der Waals surface area (Å²) in [6.07, 6.45) is 0. The van der Waals surface area contributed by atoms with Crippen LogP contribution in [0, 0.1) is 24.0 Å². The van der Waals surface area contributed by atoms with Gasteiger partial charge in [-0.1, -0.05) is 23.7 Å². The standard InChI is InChI=1S/C13H11ClN2O3/c1-8-4-3-5-11(9(8)2)19-13-10(16(17)18)6-7-12(14)15-13/h3-7H,1-2H3. The van der Waals surface area contributed by atoms with Crippen molar-refractivity contribution in [1.82, 2.24) is 4.98 Å². The number of benzene rings is 1. The van der Waals surface area contributed by atoms with Gasteiger partial charge in [0.1, 0.15) is 10.9 Å². The molecule has 0 aliphatic rings. The molecule has 19 heavy (non-hydrogen) atoms. The maximum atomic E-state index is 10.9. The SMILES string of the molecule is Cc1cccc(Oc2nc(Cl)ccc2[N+](=O)[O-])c1C. The van der Waals surface area contributed by atoms with Crippen molar-refractivity contribution in [2.24, 2.45) is 0 Å². The van der Waals surface area contributed by atoms with E-state index >= 15 is 0 Å². The van der Waals surface area contributed by atoms with Crippen LogP contribution in [0.1, 0.15) is 11.1 Å². The Bertz CT molecular complexity index is 644. The predicted molar refractivity (Wildman–Crippen MR) is 71.9 cm³/mol. The van der Waals surface area contributed by atoms with Crippen LogP contribution in [0.5, 0.6) is 11.6 Å². The molecule has 0 saturated heterocycles. The Labute approximate surface area is 115 Å². The molecule has 0 aliphatic heterocycles. The smallest absolute Gasteiger partial charge is 0.331 e. The Morgan fingerprint density at radius 3 is 2.68 bits per heavy atom. The highest BCUT2D eigenvalue weighted by Gasteiger charge is 2.18. The van der Waals surface area contributed by atoms with E-state index in [9.17, 15) is 10.1 Å². The third-order valence-electron chi connectivity index (χ3n) is 2.76. The zero-order chi connectivity index (χ0) is 14.0. The fourth-order valence-electron chi connectivity index (χ4n) is 1.56. The predicted octanol–water partition coefficient (Wildman–Crippen LogP) is 4.05. The van der Waals surface area contributed by atoms with Gasteiger partial charge in [-0.25, -0.2) is 0 Å². The molecular weight excluding hydrogens is 268 g/mol. The van der Waals surface area contributed by atoms with Crippen molar-refractivity contribution >= 4 is 17.3 Å². The van der Waals surface area contributed by atoms with Crippen molar-refractivity contribution in [1.29, 1.82) is 0 Å². The zero-order valence-electron chi connectivity index (χ0n) is 10.4. The monoisotopic (exact) mass is 278 g/mol. The molecule has 98 valence electrons. The molecule has 5 nitrogen and oxygen atoms in total. The van der Waals surface area contributed by atoms with Crippen LogP contribution in [-0.4, -0.2) is 9.91 Å². The minimum Gasteiger partial charge on any atom is -0.433 e. The number of aromatic nitrogens is 1. The molecule has 1 heterocycles. The molecule has 0 N–H and O–H groups in total. The summed E-state index contributed by atoms with van der Waals surface area (Å²) in [6, 6.07) is 8.11. The molecule has 0 spiro atoms. The number of hydrogen-bond donors (Lipinski definition) is 0. The van der Waals surface area contributed by atoms with Gasteiger partial charge >= 0.3 is 11.6 Å². The number of aryl methyl sites for hydroxylation is 1. The van der Waals surface area contributed by atoms with Crippen LogP contribution in [0.2, 0.25) is 5.15 Å². The van der Waals surface area contributed by atoms with Gasteiger partial charge in [0.15, 0.2) is 0 Å². The van der Waals surface area contributed by atoms with Crippen LogP contribution >= 0.6 is 11.6 Å². The number of nitro groups is 1. The lowest BCUT2D eigenvalue weighted by molar-refractivity contribution is -0.386. The van der Waals surface area contributed by atoms with Crippen LogP contribution in [0.4, 0.5) is 5.69 Å². The normalized spacial score (nSPS) is 10.3. The average Bonchev–Trinajstić information content (AvgIpc) is 2.35. The Morgan fingerprint density at radius 2 is 2.00 bits per heavy atom. The molecule has 0 unspecified atom stereocenters. The zero-order valence-corrected chi connectivity index (χ0v) is 11.1. The van der Waals surface area contributed by atoms with Crippen LogP contribution in [-0.2, 0) is 0 Å². The Balaban J connectivity index is 2.45. The number of halogens is 1. The molecule has 2 rings (SSSR count). The van der Waals surface area contributed by atoms with Crippen LogP contribution < -0.4 is 4.74 Å². The number of ether oxygens (including phenoxy) is 1. The molecule has 1 aromatic carbocycles. The molecular formula is C13H11ClN2O3. The second-order valence-corrected chi connectivity index (χ2v) is 4.40. The second-order valence-electron chi connectivity index (χ2n) is 4.02. The number of rotatable bonds is 3. The largest absolute Gasteiger partial charge is 0.433 e. The Hall–Kier alpha value is -2.14. The second kappa shape index (κ2) is 5.24. The lowest BCUT2D eigenvalue weighted by Crippen LogP contribution is -1.97. The third kappa shape index (κ3) is 2.82. The molecule has 0 amide bonds. The summed E-state index contributed by atoms with van der Waals surface area (Å²) in [5.74, 6) is 0.420. The van der Waals surface area contributed by atoms with Crippen molar-refractivity contribution < 1.29 is 9.66 Å². The fourth-order valence-corrected chi connectivity index (χ4v) is 1.70. The minimum absolute atomic E-state index is 0.105. The van der Waals surface area contributed by atoms with E-state index in [-0.39, 0.29) is 16.7 Å². The Morgan fingerprint density at radius 1 is 1.26 bits per heavy atom. The van der Waals surface area contributed by atoms with Gasteiger partial charge in [-0.3, -0.25) is 10.1 Å². The van der Waals surface area contributed by atoms with Crippen LogP contribution in [0.3, 0.4) is 0 Å². The molecule has 0 saturated carbocycles. The van der Waals surface area contributed by atoms with E-state index in [0.717, 1.165) is 11.1 Å². The van der Waals surface area contributed by atoms with Gasteiger partial charge in [0.2, 0.25) is 0 Å². The van der Waals surface area contributed by atoms with E-state index < -0.39 is 4.92 Å². The summed E-state index contributed by atoms with van der Waals surface area (Å²) in [6.45, 7) is 3.81. The average molecular weight is 279 g/mol. The summed E-state index contributed by atoms with van der Waals surface area (Å²) in [7, 11) is 0. The van der Waals surface area contributed by atoms with Crippen molar-refractivity contribution in [2.45, 2.75) is 13.8 Å². The van der Waals surface area contributed by atoms with E-state index in [1.807, 2.05) is 26.0 Å². The van der Waals surface area contributed by atoms with Crippen molar-refractivity contribution in [3.05, 3.63) is 56.7 Å². The highest BCUT2D eigenvalue weighted by atomic mass is 35.5. The molecule has 0 aliphatic carbocycles. The molecule has 1 aromatic heterocycles. The summed E-state index contributed by atoms with van der Waals surface area (Å²) in [4.78, 5) is 14.2. The van der Waals surface area contributed by atoms with Gasteiger partial charge in [0.25, 0.3) is 0 Å². The Kier molecular flexibility index (Phi) is 3.66. The van der Waals surface area contributed by atoms with Gasteiger partial charge in [-0.05, 0) is 37.1 Å². The summed E-state index contributed by atoms with van der Waals surface area (Å²) >= 11 is 5.75. The van der Waals surface area contributed by atoms with Gasteiger partial charge in [0, 0.05) is 6.07 Å².